The summed E-state index contributed by atoms with van der Waals surface area (Å²) >= 11 is 6.08. The first-order valence-electron chi connectivity index (χ1n) is 6.30. The zero-order valence-electron chi connectivity index (χ0n) is 11.8. The molecule has 0 saturated carbocycles. The molecule has 0 heterocycles. The average Bonchev–Trinajstić information content (AvgIpc) is 2.50. The van der Waals surface area contributed by atoms with Crippen LogP contribution in [-0.4, -0.2) is 18.8 Å². The van der Waals surface area contributed by atoms with Crippen molar-refractivity contribution in [2.75, 3.05) is 12.4 Å². The van der Waals surface area contributed by atoms with Crippen LogP contribution in [0.1, 0.15) is 10.4 Å². The van der Waals surface area contributed by atoms with Crippen molar-refractivity contribution in [3.05, 3.63) is 52.8 Å². The lowest BCUT2D eigenvalue weighted by molar-refractivity contribution is 0.102. The number of amides is 1. The molecule has 0 aromatic heterocycles. The number of carbonyl (C=O) groups excluding carboxylic acids is 1. The Morgan fingerprint density at radius 2 is 2.04 bits per heavy atom. The number of alkyl halides is 2. The predicted molar refractivity (Wildman–Crippen MR) is 84.2 cm³/mol. The van der Waals surface area contributed by atoms with Crippen molar-refractivity contribution in [3.8, 4) is 5.75 Å². The van der Waals surface area contributed by atoms with Crippen LogP contribution in [0.3, 0.4) is 0 Å². The highest BCUT2D eigenvalue weighted by Gasteiger charge is 2.18. The van der Waals surface area contributed by atoms with Crippen LogP contribution >= 0.6 is 23.4 Å². The summed E-state index contributed by atoms with van der Waals surface area (Å²) < 4.78 is 44.0. The van der Waals surface area contributed by atoms with Gasteiger partial charge in [-0.25, -0.2) is 4.39 Å². The fourth-order valence-electron chi connectivity index (χ4n) is 1.81. The van der Waals surface area contributed by atoms with E-state index < -0.39 is 17.5 Å². The Bertz CT molecular complexity index is 728. The molecule has 0 aliphatic rings. The number of thioether (sulfide) groups is 1. The van der Waals surface area contributed by atoms with Gasteiger partial charge in [0.1, 0.15) is 11.6 Å². The number of ether oxygens (including phenoxy) is 1. The van der Waals surface area contributed by atoms with Crippen molar-refractivity contribution in [1.29, 1.82) is 0 Å². The molecule has 23 heavy (non-hydrogen) atoms. The molecular formula is C15H11ClF3NO2S. The SMILES string of the molecule is COc1ccc(C(=O)Nc2cccc(Cl)c2SC(F)F)c(F)c1. The van der Waals surface area contributed by atoms with E-state index in [1.807, 2.05) is 0 Å². The highest BCUT2D eigenvalue weighted by atomic mass is 35.5. The number of benzene rings is 2. The molecule has 8 heteroatoms. The molecule has 0 aliphatic carbocycles. The van der Waals surface area contributed by atoms with Crippen LogP contribution in [0.4, 0.5) is 18.9 Å². The third-order valence-electron chi connectivity index (χ3n) is 2.84. The van der Waals surface area contributed by atoms with Crippen LogP contribution in [0, 0.1) is 5.82 Å². The molecule has 2 aromatic carbocycles. The van der Waals surface area contributed by atoms with Gasteiger partial charge < -0.3 is 10.1 Å². The van der Waals surface area contributed by atoms with E-state index in [0.29, 0.717) is 0 Å². The number of halogens is 4. The topological polar surface area (TPSA) is 38.3 Å². The second-order valence-electron chi connectivity index (χ2n) is 4.29. The lowest BCUT2D eigenvalue weighted by Crippen LogP contribution is -2.14. The number of carbonyl (C=O) groups is 1. The standard InChI is InChI=1S/C15H11ClF3NO2S/c1-22-8-5-6-9(11(17)7-8)14(21)20-12-4-2-3-10(16)13(12)23-15(18)19/h2-7,15H,1H3,(H,20,21). The van der Waals surface area contributed by atoms with E-state index in [0.717, 1.165) is 6.07 Å². The molecule has 0 bridgehead atoms. The Hall–Kier alpha value is -1.86. The van der Waals surface area contributed by atoms with Crippen molar-refractivity contribution < 1.29 is 22.7 Å². The fraction of sp³-hybridized carbons (Fsp3) is 0.133. The maximum Gasteiger partial charge on any atom is 0.289 e. The van der Waals surface area contributed by atoms with E-state index in [2.05, 4.69) is 5.32 Å². The van der Waals surface area contributed by atoms with Gasteiger partial charge in [0.2, 0.25) is 0 Å². The Morgan fingerprint density at radius 1 is 1.30 bits per heavy atom. The Morgan fingerprint density at radius 3 is 2.65 bits per heavy atom. The molecule has 1 amide bonds. The first-order valence-corrected chi connectivity index (χ1v) is 7.56. The molecule has 2 rings (SSSR count). The molecule has 0 aliphatic heterocycles. The van der Waals surface area contributed by atoms with Crippen LogP contribution in [0.25, 0.3) is 0 Å². The van der Waals surface area contributed by atoms with E-state index >= 15 is 0 Å². The summed E-state index contributed by atoms with van der Waals surface area (Å²) in [6, 6.07) is 8.06. The van der Waals surface area contributed by atoms with E-state index in [4.69, 9.17) is 16.3 Å². The minimum absolute atomic E-state index is 0.0198. The number of anilines is 1. The number of rotatable bonds is 5. The normalized spacial score (nSPS) is 10.7. The number of hydrogen-bond donors (Lipinski definition) is 1. The first-order chi connectivity index (χ1) is 10.9. The molecule has 0 atom stereocenters. The van der Waals surface area contributed by atoms with E-state index in [1.165, 1.54) is 37.4 Å². The number of nitrogens with one attached hydrogen (secondary N) is 1. The zero-order valence-corrected chi connectivity index (χ0v) is 13.4. The highest BCUT2D eigenvalue weighted by Crippen LogP contribution is 2.37. The summed E-state index contributed by atoms with van der Waals surface area (Å²) in [6.45, 7) is 0. The second-order valence-corrected chi connectivity index (χ2v) is 5.70. The van der Waals surface area contributed by atoms with Gasteiger partial charge >= 0.3 is 0 Å². The van der Waals surface area contributed by atoms with Gasteiger partial charge in [0.05, 0.1) is 28.3 Å². The van der Waals surface area contributed by atoms with Crippen LogP contribution in [0.2, 0.25) is 5.02 Å². The Kier molecular flexibility index (Phi) is 5.79. The van der Waals surface area contributed by atoms with Gasteiger partial charge in [0.15, 0.2) is 0 Å². The van der Waals surface area contributed by atoms with Gasteiger partial charge in [0.25, 0.3) is 11.7 Å². The number of methoxy groups -OCH3 is 1. The molecule has 2 aromatic rings. The highest BCUT2D eigenvalue weighted by molar-refractivity contribution is 7.99. The van der Waals surface area contributed by atoms with Gasteiger partial charge in [-0.15, -0.1) is 0 Å². The molecule has 0 unspecified atom stereocenters. The smallest absolute Gasteiger partial charge is 0.289 e. The van der Waals surface area contributed by atoms with Gasteiger partial charge in [-0.3, -0.25) is 4.79 Å². The van der Waals surface area contributed by atoms with Crippen molar-refractivity contribution in [2.45, 2.75) is 10.7 Å². The van der Waals surface area contributed by atoms with Crippen LogP contribution < -0.4 is 10.1 Å². The maximum atomic E-state index is 13.9. The molecule has 122 valence electrons. The Balaban J connectivity index is 2.29. The lowest BCUT2D eigenvalue weighted by Gasteiger charge is -2.12. The molecule has 0 saturated heterocycles. The summed E-state index contributed by atoms with van der Waals surface area (Å²) in [5, 5.41) is 2.47. The maximum absolute atomic E-state index is 13.9. The summed E-state index contributed by atoms with van der Waals surface area (Å²) in [4.78, 5) is 12.2. The first kappa shape index (κ1) is 17.5. The monoisotopic (exact) mass is 361 g/mol. The molecule has 0 radical (unpaired) electrons. The summed E-state index contributed by atoms with van der Waals surface area (Å²) in [6.07, 6.45) is 0. The van der Waals surface area contributed by atoms with Crippen LogP contribution in [0.5, 0.6) is 5.75 Å². The molecular weight excluding hydrogens is 351 g/mol. The zero-order chi connectivity index (χ0) is 17.0. The minimum atomic E-state index is -2.71. The van der Waals surface area contributed by atoms with Gasteiger partial charge in [-0.05, 0) is 24.3 Å². The van der Waals surface area contributed by atoms with Crippen molar-refractivity contribution in [1.82, 2.24) is 0 Å². The van der Waals surface area contributed by atoms with Crippen molar-refractivity contribution in [3.63, 3.8) is 0 Å². The molecule has 1 N–H and O–H groups in total. The number of hydrogen-bond acceptors (Lipinski definition) is 3. The average molecular weight is 362 g/mol. The lowest BCUT2D eigenvalue weighted by atomic mass is 10.2. The van der Waals surface area contributed by atoms with Gasteiger partial charge in [-0.1, -0.05) is 29.4 Å². The molecule has 0 spiro atoms. The largest absolute Gasteiger partial charge is 0.497 e. The fourth-order valence-corrected chi connectivity index (χ4v) is 2.73. The Labute approximate surface area is 139 Å². The second kappa shape index (κ2) is 7.61. The van der Waals surface area contributed by atoms with Crippen LogP contribution in [-0.2, 0) is 0 Å². The summed E-state index contributed by atoms with van der Waals surface area (Å²) in [5.74, 6) is -4.01. The van der Waals surface area contributed by atoms with Crippen LogP contribution in [0.15, 0.2) is 41.3 Å². The van der Waals surface area contributed by atoms with Gasteiger partial charge in [-0.2, -0.15) is 8.78 Å². The van der Waals surface area contributed by atoms with Gasteiger partial charge in [0, 0.05) is 6.07 Å². The summed E-state index contributed by atoms with van der Waals surface area (Å²) in [7, 11) is 1.37. The van der Waals surface area contributed by atoms with E-state index in [-0.39, 0.29) is 38.7 Å². The van der Waals surface area contributed by atoms with E-state index in [9.17, 15) is 18.0 Å². The molecule has 0 fully saturated rings. The quantitative estimate of drug-likeness (QED) is 0.757. The summed E-state index contributed by atoms with van der Waals surface area (Å²) in [5.41, 5.74) is -0.151. The third kappa shape index (κ3) is 4.33. The minimum Gasteiger partial charge on any atom is -0.497 e. The van der Waals surface area contributed by atoms with Crippen molar-refractivity contribution in [2.24, 2.45) is 0 Å². The third-order valence-corrected chi connectivity index (χ3v) is 4.12. The predicted octanol–water partition coefficient (Wildman–Crippen LogP) is 5.05. The van der Waals surface area contributed by atoms with Crippen molar-refractivity contribution >= 4 is 35.0 Å². The van der Waals surface area contributed by atoms with E-state index in [1.54, 1.807) is 0 Å². The molecule has 3 nitrogen and oxygen atoms in total.